The summed E-state index contributed by atoms with van der Waals surface area (Å²) in [7, 11) is 0. The number of carbonyl (C=O) groups excluding carboxylic acids is 1. The van der Waals surface area contributed by atoms with Gasteiger partial charge >= 0.3 is 0 Å². The highest BCUT2D eigenvalue weighted by Crippen LogP contribution is 2.34. The summed E-state index contributed by atoms with van der Waals surface area (Å²) < 4.78 is 22.0. The molecule has 14 heteroatoms. The molecule has 0 bridgehead atoms. The molecule has 3 N–H and O–H groups in total. The zero-order valence-electron chi connectivity index (χ0n) is 19.5. The van der Waals surface area contributed by atoms with Crippen molar-refractivity contribution in [1.82, 2.24) is 19.7 Å². The van der Waals surface area contributed by atoms with Crippen molar-refractivity contribution in [3.05, 3.63) is 51.5 Å². The molecule has 0 atom stereocenters. The Morgan fingerprint density at radius 1 is 1.32 bits per heavy atom. The van der Waals surface area contributed by atoms with Gasteiger partial charge in [-0.15, -0.1) is 0 Å². The number of hydrogen-bond donors (Lipinski definition) is 3. The number of benzene rings is 2. The molecule has 0 spiro atoms. The fourth-order valence-electron chi connectivity index (χ4n) is 3.23. The average molecular weight is 581 g/mol. The van der Waals surface area contributed by atoms with Crippen LogP contribution >= 0.6 is 46.9 Å². The zero-order chi connectivity index (χ0) is 26.4. The number of aliphatic hydroxyl groups is 1. The summed E-state index contributed by atoms with van der Waals surface area (Å²) in [5.41, 5.74) is 1.39. The summed E-state index contributed by atoms with van der Waals surface area (Å²) in [6.07, 6.45) is 2.37. The van der Waals surface area contributed by atoms with Gasteiger partial charge in [-0.3, -0.25) is 4.79 Å². The molecule has 1 amide bonds. The van der Waals surface area contributed by atoms with Gasteiger partial charge in [0.2, 0.25) is 5.91 Å². The molecule has 0 saturated carbocycles. The van der Waals surface area contributed by atoms with Gasteiger partial charge in [-0.25, -0.2) is 19.0 Å². The topological polar surface area (TPSA) is 114 Å². The van der Waals surface area contributed by atoms with Crippen LogP contribution in [-0.2, 0) is 11.3 Å². The zero-order valence-corrected chi connectivity index (χ0v) is 22.7. The van der Waals surface area contributed by atoms with Crippen LogP contribution in [0, 0.1) is 9.77 Å². The van der Waals surface area contributed by atoms with Crippen LogP contribution in [-0.4, -0.2) is 49.7 Å². The van der Waals surface area contributed by atoms with Crippen LogP contribution in [0.1, 0.15) is 13.3 Å². The van der Waals surface area contributed by atoms with Gasteiger partial charge < -0.3 is 20.5 Å². The predicted octanol–water partition coefficient (Wildman–Crippen LogP) is 5.67. The maximum absolute atomic E-state index is 13.6. The molecule has 0 radical (unpaired) electrons. The Morgan fingerprint density at radius 2 is 2.16 bits per heavy atom. The molecule has 2 aromatic carbocycles. The van der Waals surface area contributed by atoms with Crippen molar-refractivity contribution in [1.29, 1.82) is 0 Å². The number of rotatable bonds is 11. The number of ether oxygens (including phenoxy) is 1. The molecule has 0 unspecified atom stereocenters. The molecule has 2 aromatic heterocycles. The minimum absolute atomic E-state index is 0.0216. The van der Waals surface area contributed by atoms with E-state index in [1.165, 1.54) is 40.5 Å². The van der Waals surface area contributed by atoms with Crippen molar-refractivity contribution in [3.63, 3.8) is 0 Å². The van der Waals surface area contributed by atoms with Crippen molar-refractivity contribution in [2.45, 2.75) is 24.2 Å². The molecular formula is C23H22ClFN6O3S3. The fourth-order valence-corrected chi connectivity index (χ4v) is 5.67. The maximum Gasteiger partial charge on any atom is 0.246 e. The number of fused-ring (bicyclic) bond motifs is 1. The lowest BCUT2D eigenvalue weighted by Gasteiger charge is -2.15. The Bertz CT molecular complexity index is 1480. The normalized spacial score (nSPS) is 11.0. The van der Waals surface area contributed by atoms with E-state index >= 15 is 0 Å². The van der Waals surface area contributed by atoms with Crippen LogP contribution in [0.2, 0.25) is 5.02 Å². The number of aromatic nitrogens is 4. The Hall–Kier alpha value is -2.84. The SMILES string of the molecule is CCCSc1nn(CC(=O)Nc2cc3c(Nc4ccc(F)c(Cl)c4)ncnc3cc2OCCO)c(=S)s1. The first-order valence-corrected chi connectivity index (χ1v) is 13.7. The number of halogens is 2. The molecule has 0 aliphatic carbocycles. The quantitative estimate of drug-likeness (QED) is 0.153. The summed E-state index contributed by atoms with van der Waals surface area (Å²) in [5.74, 6) is 0.756. The number of hydrogen-bond acceptors (Lipinski definition) is 10. The number of nitrogens with one attached hydrogen (secondary N) is 2. The Kier molecular flexibility index (Phi) is 9.27. The third-order valence-electron chi connectivity index (χ3n) is 4.85. The molecule has 4 rings (SSSR count). The third-order valence-corrected chi connectivity index (χ3v) is 7.79. The number of thioether (sulfide) groups is 1. The lowest BCUT2D eigenvalue weighted by Crippen LogP contribution is -2.20. The summed E-state index contributed by atoms with van der Waals surface area (Å²) in [5, 5.41) is 20.1. The van der Waals surface area contributed by atoms with E-state index < -0.39 is 5.82 Å². The number of amides is 1. The van der Waals surface area contributed by atoms with E-state index in [0.717, 1.165) is 16.5 Å². The second-order valence-electron chi connectivity index (χ2n) is 7.60. The summed E-state index contributed by atoms with van der Waals surface area (Å²) in [6, 6.07) is 7.52. The van der Waals surface area contributed by atoms with Gasteiger partial charge in [0.15, 0.2) is 8.29 Å². The lowest BCUT2D eigenvalue weighted by atomic mass is 10.1. The van der Waals surface area contributed by atoms with E-state index in [4.69, 9.17) is 28.6 Å². The predicted molar refractivity (Wildman–Crippen MR) is 147 cm³/mol. The lowest BCUT2D eigenvalue weighted by molar-refractivity contribution is -0.116. The summed E-state index contributed by atoms with van der Waals surface area (Å²) in [4.78, 5) is 21.5. The molecule has 0 aliphatic rings. The standard InChI is InChI=1S/C23H22ClFN6O3S3/c1-2-7-36-22-30-31(23(35)37-22)11-20(33)29-18-9-14-17(10-19(18)34-6-5-32)26-12-27-21(14)28-13-3-4-16(25)15(24)8-13/h3-4,8-10,12,32H,2,5-7,11H2,1H3,(H,29,33)(H,26,27,28). The largest absolute Gasteiger partial charge is 0.489 e. The van der Waals surface area contributed by atoms with E-state index in [1.807, 2.05) is 0 Å². The van der Waals surface area contributed by atoms with Crippen molar-refractivity contribution in [2.24, 2.45) is 0 Å². The van der Waals surface area contributed by atoms with Crippen LogP contribution in [0.15, 0.2) is 41.0 Å². The Labute approximate surface area is 230 Å². The number of nitrogens with zero attached hydrogens (tertiary/aromatic N) is 4. The molecule has 194 valence electrons. The van der Waals surface area contributed by atoms with Crippen LogP contribution in [0.25, 0.3) is 10.9 Å². The van der Waals surface area contributed by atoms with Crippen molar-refractivity contribution < 1.29 is 19.0 Å². The molecule has 9 nitrogen and oxygen atoms in total. The monoisotopic (exact) mass is 580 g/mol. The highest BCUT2D eigenvalue weighted by molar-refractivity contribution is 8.01. The van der Waals surface area contributed by atoms with Crippen LogP contribution in [0.4, 0.5) is 21.6 Å². The van der Waals surface area contributed by atoms with Crippen LogP contribution in [0.3, 0.4) is 0 Å². The molecule has 37 heavy (non-hydrogen) atoms. The van der Waals surface area contributed by atoms with E-state index in [9.17, 15) is 14.3 Å². The van der Waals surface area contributed by atoms with Gasteiger partial charge in [-0.05, 0) is 42.9 Å². The first-order chi connectivity index (χ1) is 17.9. The molecule has 4 aromatic rings. The van der Waals surface area contributed by atoms with E-state index in [1.54, 1.807) is 23.9 Å². The number of aliphatic hydroxyl groups excluding tert-OH is 1. The first kappa shape index (κ1) is 27.2. The summed E-state index contributed by atoms with van der Waals surface area (Å²) >= 11 is 14.2. The van der Waals surface area contributed by atoms with Crippen molar-refractivity contribution in [2.75, 3.05) is 29.6 Å². The maximum atomic E-state index is 13.6. The van der Waals surface area contributed by atoms with E-state index in [2.05, 4.69) is 32.6 Å². The van der Waals surface area contributed by atoms with Gasteiger partial charge in [0.25, 0.3) is 0 Å². The van der Waals surface area contributed by atoms with Gasteiger partial charge in [-0.2, -0.15) is 5.10 Å². The Morgan fingerprint density at radius 3 is 2.92 bits per heavy atom. The smallest absolute Gasteiger partial charge is 0.246 e. The average Bonchev–Trinajstić information content (AvgIpc) is 3.22. The molecule has 0 aliphatic heterocycles. The van der Waals surface area contributed by atoms with Gasteiger partial charge in [-0.1, -0.05) is 41.6 Å². The third kappa shape index (κ3) is 6.93. The molecule has 2 heterocycles. The summed E-state index contributed by atoms with van der Waals surface area (Å²) in [6.45, 7) is 1.81. The van der Waals surface area contributed by atoms with Crippen molar-refractivity contribution in [3.8, 4) is 5.75 Å². The highest BCUT2D eigenvalue weighted by atomic mass is 35.5. The molecule has 0 fully saturated rings. The fraction of sp³-hybridized carbons (Fsp3) is 0.261. The minimum Gasteiger partial charge on any atom is -0.489 e. The van der Waals surface area contributed by atoms with Crippen LogP contribution in [0.5, 0.6) is 5.75 Å². The molecule has 0 saturated heterocycles. The second kappa shape index (κ2) is 12.6. The van der Waals surface area contributed by atoms with Gasteiger partial charge in [0, 0.05) is 22.9 Å². The van der Waals surface area contributed by atoms with Crippen LogP contribution < -0.4 is 15.4 Å². The van der Waals surface area contributed by atoms with Gasteiger partial charge in [0.1, 0.15) is 36.9 Å². The Balaban J connectivity index is 1.63. The van der Waals surface area contributed by atoms with E-state index in [-0.39, 0.29) is 30.7 Å². The number of anilines is 3. The molecular weight excluding hydrogens is 559 g/mol. The first-order valence-electron chi connectivity index (χ1n) is 11.1. The minimum atomic E-state index is -0.535. The number of carbonyl (C=O) groups is 1. The van der Waals surface area contributed by atoms with Gasteiger partial charge in [0.05, 0.1) is 22.8 Å². The highest BCUT2D eigenvalue weighted by Gasteiger charge is 2.16. The van der Waals surface area contributed by atoms with E-state index in [0.29, 0.717) is 37.8 Å². The second-order valence-corrected chi connectivity index (χ2v) is 11.0. The van der Waals surface area contributed by atoms with Crippen molar-refractivity contribution >= 4 is 80.9 Å².